The highest BCUT2D eigenvalue weighted by Gasteiger charge is 2.07. The molecule has 6 heteroatoms. The van der Waals surface area contributed by atoms with Crippen LogP contribution in [-0.2, 0) is 14.8 Å². The van der Waals surface area contributed by atoms with E-state index in [0.29, 0.717) is 13.2 Å². The Bertz CT molecular complexity index is 216. The number of hydrogen-bond donors (Lipinski definition) is 1. The molecule has 0 aliphatic heterocycles. The zero-order chi connectivity index (χ0) is 10.3. The second-order valence-electron chi connectivity index (χ2n) is 2.82. The highest BCUT2D eigenvalue weighted by Crippen LogP contribution is 1.88. The van der Waals surface area contributed by atoms with Crippen molar-refractivity contribution in [2.24, 2.45) is 0 Å². The Kier molecular flexibility index (Phi) is 6.67. The first-order valence-corrected chi connectivity index (χ1v) is 6.31. The van der Waals surface area contributed by atoms with E-state index >= 15 is 0 Å². The number of halogens is 1. The molecule has 0 aromatic carbocycles. The van der Waals surface area contributed by atoms with Gasteiger partial charge in [-0.1, -0.05) is 0 Å². The lowest BCUT2D eigenvalue weighted by atomic mass is 10.5. The van der Waals surface area contributed by atoms with Gasteiger partial charge in [-0.3, -0.25) is 0 Å². The van der Waals surface area contributed by atoms with Crippen molar-refractivity contribution in [1.82, 2.24) is 4.72 Å². The lowest BCUT2D eigenvalue weighted by Crippen LogP contribution is -2.30. The van der Waals surface area contributed by atoms with E-state index < -0.39 is 10.0 Å². The van der Waals surface area contributed by atoms with Crippen LogP contribution in [0.2, 0.25) is 0 Å². The summed E-state index contributed by atoms with van der Waals surface area (Å²) in [4.78, 5) is 0. The molecule has 0 atom stereocenters. The second kappa shape index (κ2) is 6.59. The molecule has 0 bridgehead atoms. The minimum Gasteiger partial charge on any atom is -0.377 e. The van der Waals surface area contributed by atoms with E-state index in [0.717, 1.165) is 0 Å². The van der Waals surface area contributed by atoms with E-state index in [-0.39, 0.29) is 17.7 Å². The fourth-order valence-electron chi connectivity index (χ4n) is 0.666. The quantitative estimate of drug-likeness (QED) is 0.513. The molecule has 0 unspecified atom stereocenters. The predicted molar refractivity (Wildman–Crippen MR) is 53.6 cm³/mol. The van der Waals surface area contributed by atoms with Crippen LogP contribution in [0.15, 0.2) is 0 Å². The Morgan fingerprint density at radius 3 is 2.54 bits per heavy atom. The third-order valence-electron chi connectivity index (χ3n) is 1.22. The molecule has 0 saturated heterocycles. The topological polar surface area (TPSA) is 55.4 Å². The van der Waals surface area contributed by atoms with Crippen molar-refractivity contribution in [2.75, 3.05) is 24.8 Å². The molecule has 0 aromatic heterocycles. The van der Waals surface area contributed by atoms with Crippen molar-refractivity contribution >= 4 is 21.6 Å². The standard InChI is InChI=1S/C7H16ClNO3S/c1-7(2)12-5-4-9-13(10,11)6-3-8/h7,9H,3-6H2,1-2H3. The second-order valence-corrected chi connectivity index (χ2v) is 5.13. The SMILES string of the molecule is CC(C)OCCNS(=O)(=O)CCCl. The zero-order valence-electron chi connectivity index (χ0n) is 7.92. The molecule has 0 rings (SSSR count). The van der Waals surface area contributed by atoms with Crippen molar-refractivity contribution < 1.29 is 13.2 Å². The van der Waals surface area contributed by atoms with Gasteiger partial charge in [0.25, 0.3) is 0 Å². The van der Waals surface area contributed by atoms with Crippen LogP contribution >= 0.6 is 11.6 Å². The molecule has 80 valence electrons. The van der Waals surface area contributed by atoms with E-state index in [2.05, 4.69) is 4.72 Å². The molecular formula is C7H16ClNO3S. The minimum atomic E-state index is -3.19. The van der Waals surface area contributed by atoms with Gasteiger partial charge in [-0.2, -0.15) is 0 Å². The van der Waals surface area contributed by atoms with Gasteiger partial charge in [0.05, 0.1) is 18.5 Å². The fraction of sp³-hybridized carbons (Fsp3) is 1.00. The van der Waals surface area contributed by atoms with Crippen LogP contribution in [0.25, 0.3) is 0 Å². The van der Waals surface area contributed by atoms with Crippen LogP contribution in [0.1, 0.15) is 13.8 Å². The number of nitrogens with one attached hydrogen (secondary N) is 1. The molecule has 0 amide bonds. The van der Waals surface area contributed by atoms with Gasteiger partial charge >= 0.3 is 0 Å². The van der Waals surface area contributed by atoms with Crippen molar-refractivity contribution in [1.29, 1.82) is 0 Å². The minimum absolute atomic E-state index is 0.0454. The largest absolute Gasteiger partial charge is 0.377 e. The summed E-state index contributed by atoms with van der Waals surface area (Å²) in [6.45, 7) is 4.48. The third kappa shape index (κ3) is 8.49. The van der Waals surface area contributed by atoms with Gasteiger partial charge in [-0.15, -0.1) is 11.6 Å². The number of ether oxygens (including phenoxy) is 1. The molecule has 0 aromatic rings. The summed E-state index contributed by atoms with van der Waals surface area (Å²) in [5.41, 5.74) is 0. The summed E-state index contributed by atoms with van der Waals surface area (Å²) >= 11 is 5.30. The van der Waals surface area contributed by atoms with E-state index in [1.165, 1.54) is 0 Å². The normalized spacial score (nSPS) is 12.3. The van der Waals surface area contributed by atoms with Crippen molar-refractivity contribution in [3.8, 4) is 0 Å². The van der Waals surface area contributed by atoms with Gasteiger partial charge in [-0.05, 0) is 13.8 Å². The maximum Gasteiger partial charge on any atom is 0.212 e. The smallest absolute Gasteiger partial charge is 0.212 e. The molecule has 0 radical (unpaired) electrons. The Labute approximate surface area is 84.7 Å². The first kappa shape index (κ1) is 13.2. The van der Waals surface area contributed by atoms with Crippen LogP contribution in [0.3, 0.4) is 0 Å². The summed E-state index contributed by atoms with van der Waals surface area (Å²) in [6.07, 6.45) is 0.123. The van der Waals surface area contributed by atoms with Crippen LogP contribution in [0.4, 0.5) is 0 Å². The molecule has 0 heterocycles. The predicted octanol–water partition coefficient (Wildman–Crippen LogP) is 0.570. The van der Waals surface area contributed by atoms with Crippen LogP contribution in [0, 0.1) is 0 Å². The van der Waals surface area contributed by atoms with Crippen LogP contribution < -0.4 is 4.72 Å². The highest BCUT2D eigenvalue weighted by molar-refractivity contribution is 7.89. The average Bonchev–Trinajstić information content (AvgIpc) is 1.98. The van der Waals surface area contributed by atoms with Gasteiger partial charge < -0.3 is 4.74 Å². The molecule has 0 aliphatic rings. The van der Waals surface area contributed by atoms with E-state index in [1.807, 2.05) is 13.8 Å². The Balaban J connectivity index is 3.53. The summed E-state index contributed by atoms with van der Waals surface area (Å²) in [5.74, 6) is 0.0661. The number of sulfonamides is 1. The summed E-state index contributed by atoms with van der Waals surface area (Å²) in [7, 11) is -3.19. The maximum atomic E-state index is 11.0. The van der Waals surface area contributed by atoms with E-state index in [1.54, 1.807) is 0 Å². The molecule has 0 aliphatic carbocycles. The van der Waals surface area contributed by atoms with Gasteiger partial charge in [0.2, 0.25) is 10.0 Å². The Morgan fingerprint density at radius 2 is 2.08 bits per heavy atom. The third-order valence-corrected chi connectivity index (χ3v) is 3.02. The molecule has 4 nitrogen and oxygen atoms in total. The zero-order valence-corrected chi connectivity index (χ0v) is 9.49. The van der Waals surface area contributed by atoms with Crippen LogP contribution in [-0.4, -0.2) is 39.3 Å². The fourth-order valence-corrected chi connectivity index (χ4v) is 2.02. The van der Waals surface area contributed by atoms with E-state index in [4.69, 9.17) is 16.3 Å². The van der Waals surface area contributed by atoms with Gasteiger partial charge in [-0.25, -0.2) is 13.1 Å². The first-order valence-electron chi connectivity index (χ1n) is 4.13. The molecular weight excluding hydrogens is 214 g/mol. The molecule has 0 saturated carbocycles. The van der Waals surface area contributed by atoms with Crippen molar-refractivity contribution in [2.45, 2.75) is 20.0 Å². The first-order chi connectivity index (χ1) is 5.98. The Hall–Kier alpha value is 0.160. The van der Waals surface area contributed by atoms with Crippen molar-refractivity contribution in [3.63, 3.8) is 0 Å². The lowest BCUT2D eigenvalue weighted by molar-refractivity contribution is 0.0834. The Morgan fingerprint density at radius 1 is 1.46 bits per heavy atom. The van der Waals surface area contributed by atoms with Gasteiger partial charge in [0.15, 0.2) is 0 Å². The molecule has 13 heavy (non-hydrogen) atoms. The van der Waals surface area contributed by atoms with Gasteiger partial charge in [0, 0.05) is 12.4 Å². The molecule has 1 N–H and O–H groups in total. The number of rotatable bonds is 7. The van der Waals surface area contributed by atoms with Crippen LogP contribution in [0.5, 0.6) is 0 Å². The van der Waals surface area contributed by atoms with Gasteiger partial charge in [0.1, 0.15) is 0 Å². The summed E-state index contributed by atoms with van der Waals surface area (Å²) in [6, 6.07) is 0. The van der Waals surface area contributed by atoms with E-state index in [9.17, 15) is 8.42 Å². The average molecular weight is 230 g/mol. The maximum absolute atomic E-state index is 11.0. The summed E-state index contributed by atoms with van der Waals surface area (Å²) < 4.78 is 29.6. The number of hydrogen-bond acceptors (Lipinski definition) is 3. The molecule has 0 fully saturated rings. The van der Waals surface area contributed by atoms with Crippen molar-refractivity contribution in [3.05, 3.63) is 0 Å². The summed E-state index contributed by atoms with van der Waals surface area (Å²) in [5, 5.41) is 0. The lowest BCUT2D eigenvalue weighted by Gasteiger charge is -2.08. The molecule has 0 spiro atoms. The highest BCUT2D eigenvalue weighted by atomic mass is 35.5. The number of alkyl halides is 1. The monoisotopic (exact) mass is 229 g/mol.